The Labute approximate surface area is 177 Å². The van der Waals surface area contributed by atoms with E-state index >= 15 is 0 Å². The molecular formula is C24H28N4O2. The second kappa shape index (κ2) is 8.30. The summed E-state index contributed by atoms with van der Waals surface area (Å²) in [6.45, 7) is 6.69. The number of benzene rings is 2. The van der Waals surface area contributed by atoms with Gasteiger partial charge in [0.15, 0.2) is 0 Å². The van der Waals surface area contributed by atoms with E-state index in [1.807, 2.05) is 54.3 Å². The number of aryl methyl sites for hydroxylation is 1. The monoisotopic (exact) mass is 404 g/mol. The predicted octanol–water partition coefficient (Wildman–Crippen LogP) is 4.51. The summed E-state index contributed by atoms with van der Waals surface area (Å²) in [5.41, 5.74) is 3.14. The van der Waals surface area contributed by atoms with Gasteiger partial charge in [-0.05, 0) is 43.4 Å². The highest BCUT2D eigenvalue weighted by Gasteiger charge is 2.35. The van der Waals surface area contributed by atoms with Gasteiger partial charge in [-0.3, -0.25) is 4.79 Å². The Morgan fingerprint density at radius 1 is 1.17 bits per heavy atom. The van der Waals surface area contributed by atoms with Crippen LogP contribution in [0, 0.1) is 6.92 Å². The Morgan fingerprint density at radius 2 is 1.87 bits per heavy atom. The Kier molecular flexibility index (Phi) is 5.57. The summed E-state index contributed by atoms with van der Waals surface area (Å²) >= 11 is 0. The third-order valence-electron chi connectivity index (χ3n) is 5.53. The number of hydrogen-bond donors (Lipinski definition) is 0. The highest BCUT2D eigenvalue weighted by molar-refractivity contribution is 5.91. The summed E-state index contributed by atoms with van der Waals surface area (Å²) in [4.78, 5) is 19.8. The van der Waals surface area contributed by atoms with E-state index in [9.17, 15) is 4.79 Å². The zero-order valence-corrected chi connectivity index (χ0v) is 18.0. The van der Waals surface area contributed by atoms with Crippen LogP contribution in [0.2, 0.25) is 0 Å². The highest BCUT2D eigenvalue weighted by atomic mass is 16.5. The maximum atomic E-state index is 13.4. The van der Waals surface area contributed by atoms with Crippen LogP contribution in [0.25, 0.3) is 5.69 Å². The summed E-state index contributed by atoms with van der Waals surface area (Å²) in [6, 6.07) is 16.2. The van der Waals surface area contributed by atoms with Crippen molar-refractivity contribution in [3.8, 4) is 11.4 Å². The molecule has 1 amide bonds. The van der Waals surface area contributed by atoms with Crippen molar-refractivity contribution < 1.29 is 9.53 Å². The van der Waals surface area contributed by atoms with E-state index in [-0.39, 0.29) is 17.8 Å². The summed E-state index contributed by atoms with van der Waals surface area (Å²) in [5.74, 6) is 1.95. The molecule has 0 spiro atoms. The lowest BCUT2D eigenvalue weighted by Gasteiger charge is -2.22. The number of methoxy groups -OCH3 is 1. The van der Waals surface area contributed by atoms with Crippen molar-refractivity contribution in [3.63, 3.8) is 0 Å². The van der Waals surface area contributed by atoms with Crippen LogP contribution in [0.15, 0.2) is 48.5 Å². The average molecular weight is 405 g/mol. The SMILES string of the molecule is COc1ccccc1CN(C(=O)c1nc(C)n(-c2ccccc2C(C)C)n1)C1CC1. The van der Waals surface area contributed by atoms with Gasteiger partial charge in [-0.1, -0.05) is 50.2 Å². The van der Waals surface area contributed by atoms with Gasteiger partial charge in [-0.15, -0.1) is 5.10 Å². The third-order valence-corrected chi connectivity index (χ3v) is 5.53. The molecule has 0 unspecified atom stereocenters. The number of ether oxygens (including phenoxy) is 1. The first-order chi connectivity index (χ1) is 14.5. The van der Waals surface area contributed by atoms with E-state index in [2.05, 4.69) is 30.0 Å². The molecular weight excluding hydrogens is 376 g/mol. The zero-order chi connectivity index (χ0) is 21.3. The lowest BCUT2D eigenvalue weighted by atomic mass is 10.0. The molecule has 6 nitrogen and oxygen atoms in total. The molecule has 1 heterocycles. The molecule has 1 aromatic heterocycles. The van der Waals surface area contributed by atoms with Crippen LogP contribution in [-0.4, -0.2) is 38.7 Å². The summed E-state index contributed by atoms with van der Waals surface area (Å²) in [5, 5.41) is 4.62. The van der Waals surface area contributed by atoms with Crippen LogP contribution in [-0.2, 0) is 6.54 Å². The van der Waals surface area contributed by atoms with Crippen molar-refractivity contribution in [2.24, 2.45) is 0 Å². The molecule has 156 valence electrons. The molecule has 0 bridgehead atoms. The molecule has 0 N–H and O–H groups in total. The smallest absolute Gasteiger partial charge is 0.294 e. The fourth-order valence-corrected chi connectivity index (χ4v) is 3.78. The molecule has 6 heteroatoms. The van der Waals surface area contributed by atoms with Crippen molar-refractivity contribution in [1.29, 1.82) is 0 Å². The molecule has 1 fully saturated rings. The van der Waals surface area contributed by atoms with Crippen molar-refractivity contribution in [2.75, 3.05) is 7.11 Å². The topological polar surface area (TPSA) is 60.2 Å². The third kappa shape index (κ3) is 3.95. The standard InChI is InChI=1S/C24H28N4O2/c1-16(2)20-10-6-7-11-21(20)28-17(3)25-23(26-28)24(29)27(19-13-14-19)15-18-9-5-8-12-22(18)30-4/h5-12,16,19H,13-15H2,1-4H3. The predicted molar refractivity (Wildman–Crippen MR) is 116 cm³/mol. The molecule has 1 aliphatic rings. The molecule has 1 aliphatic carbocycles. The minimum atomic E-state index is -0.132. The maximum absolute atomic E-state index is 13.4. The van der Waals surface area contributed by atoms with Crippen LogP contribution in [0.5, 0.6) is 5.75 Å². The van der Waals surface area contributed by atoms with Crippen LogP contribution >= 0.6 is 0 Å². The molecule has 3 aromatic rings. The molecule has 1 saturated carbocycles. The first-order valence-corrected chi connectivity index (χ1v) is 10.5. The lowest BCUT2D eigenvalue weighted by molar-refractivity contribution is 0.0716. The van der Waals surface area contributed by atoms with E-state index < -0.39 is 0 Å². The molecule has 0 radical (unpaired) electrons. The Bertz CT molecular complexity index is 1050. The van der Waals surface area contributed by atoms with Crippen molar-refractivity contribution >= 4 is 5.91 Å². The van der Waals surface area contributed by atoms with Gasteiger partial charge in [-0.25, -0.2) is 9.67 Å². The minimum Gasteiger partial charge on any atom is -0.496 e. The van der Waals surface area contributed by atoms with Gasteiger partial charge in [0.1, 0.15) is 11.6 Å². The number of hydrogen-bond acceptors (Lipinski definition) is 4. The van der Waals surface area contributed by atoms with Crippen molar-refractivity contribution in [1.82, 2.24) is 19.7 Å². The first-order valence-electron chi connectivity index (χ1n) is 10.5. The summed E-state index contributed by atoms with van der Waals surface area (Å²) < 4.78 is 7.26. The average Bonchev–Trinajstić information content (AvgIpc) is 3.52. The van der Waals surface area contributed by atoms with Gasteiger partial charge in [0.25, 0.3) is 5.91 Å². The largest absolute Gasteiger partial charge is 0.496 e. The number of aromatic nitrogens is 3. The van der Waals surface area contributed by atoms with Gasteiger partial charge in [0.05, 0.1) is 19.3 Å². The first kappa shape index (κ1) is 20.1. The normalized spacial score (nSPS) is 13.5. The van der Waals surface area contributed by atoms with E-state index in [0.717, 1.165) is 29.8 Å². The van der Waals surface area contributed by atoms with Crippen LogP contribution in [0.4, 0.5) is 0 Å². The summed E-state index contributed by atoms with van der Waals surface area (Å²) in [6.07, 6.45) is 2.02. The van der Waals surface area contributed by atoms with Gasteiger partial charge in [-0.2, -0.15) is 0 Å². The van der Waals surface area contributed by atoms with Crippen molar-refractivity contribution in [2.45, 2.75) is 52.1 Å². The lowest BCUT2D eigenvalue weighted by Crippen LogP contribution is -2.33. The van der Waals surface area contributed by atoms with Gasteiger partial charge >= 0.3 is 0 Å². The zero-order valence-electron chi connectivity index (χ0n) is 18.0. The maximum Gasteiger partial charge on any atom is 0.294 e. The van der Waals surface area contributed by atoms with E-state index in [0.29, 0.717) is 18.3 Å². The minimum absolute atomic E-state index is 0.132. The van der Waals surface area contributed by atoms with Crippen LogP contribution in [0.1, 0.15) is 60.2 Å². The number of rotatable bonds is 7. The molecule has 2 aromatic carbocycles. The number of carbonyl (C=O) groups excluding carboxylic acids is 1. The second-order valence-electron chi connectivity index (χ2n) is 8.08. The van der Waals surface area contributed by atoms with E-state index in [1.165, 1.54) is 5.56 Å². The number of amides is 1. The fourth-order valence-electron chi connectivity index (χ4n) is 3.78. The Balaban J connectivity index is 1.65. The molecule has 0 aliphatic heterocycles. The summed E-state index contributed by atoms with van der Waals surface area (Å²) in [7, 11) is 1.65. The molecule has 4 rings (SSSR count). The molecule has 0 saturated heterocycles. The van der Waals surface area contributed by atoms with Crippen molar-refractivity contribution in [3.05, 3.63) is 71.3 Å². The van der Waals surface area contributed by atoms with Gasteiger partial charge in [0.2, 0.25) is 5.82 Å². The Morgan fingerprint density at radius 3 is 2.57 bits per heavy atom. The fraction of sp³-hybridized carbons (Fsp3) is 0.375. The van der Waals surface area contributed by atoms with Gasteiger partial charge in [0, 0.05) is 11.6 Å². The Hall–Kier alpha value is -3.15. The highest BCUT2D eigenvalue weighted by Crippen LogP contribution is 2.31. The molecule has 30 heavy (non-hydrogen) atoms. The van der Waals surface area contributed by atoms with E-state index in [4.69, 9.17) is 4.74 Å². The van der Waals surface area contributed by atoms with Crippen LogP contribution < -0.4 is 4.74 Å². The molecule has 0 atom stereocenters. The second-order valence-corrected chi connectivity index (χ2v) is 8.08. The van der Waals surface area contributed by atoms with Gasteiger partial charge < -0.3 is 9.64 Å². The number of para-hydroxylation sites is 2. The van der Waals surface area contributed by atoms with E-state index in [1.54, 1.807) is 11.8 Å². The quantitative estimate of drug-likeness (QED) is 0.581. The number of carbonyl (C=O) groups is 1. The van der Waals surface area contributed by atoms with Crippen LogP contribution in [0.3, 0.4) is 0 Å². The number of nitrogens with zero attached hydrogens (tertiary/aromatic N) is 4.